The van der Waals surface area contributed by atoms with Crippen LogP contribution in [0.15, 0.2) is 48.5 Å². The van der Waals surface area contributed by atoms with Gasteiger partial charge in [-0.3, -0.25) is 4.79 Å². The Hall–Kier alpha value is -2.50. The summed E-state index contributed by atoms with van der Waals surface area (Å²) in [6, 6.07) is 12.6. The quantitative estimate of drug-likeness (QED) is 0.609. The van der Waals surface area contributed by atoms with Crippen molar-refractivity contribution < 1.29 is 22.7 Å². The van der Waals surface area contributed by atoms with Gasteiger partial charge in [0.05, 0.1) is 5.56 Å². The van der Waals surface area contributed by atoms with Crippen LogP contribution in [0.2, 0.25) is 0 Å². The van der Waals surface area contributed by atoms with Crippen molar-refractivity contribution in [1.82, 2.24) is 0 Å². The summed E-state index contributed by atoms with van der Waals surface area (Å²) in [7, 11) is 0. The molecule has 0 unspecified atom stereocenters. The van der Waals surface area contributed by atoms with Gasteiger partial charge < -0.3 is 10.1 Å². The first kappa shape index (κ1) is 20.4. The summed E-state index contributed by atoms with van der Waals surface area (Å²) in [5, 5.41) is 2.46. The standard InChI is InChI=1S/C25H26F3NO2/c26-25(27,28)20-2-1-3-21(13-20)29-23(30)14-31-22-6-4-17(5-7-22)24-18-9-15-8-16(11-18)12-19(24)10-15/h1-7,13,15-16,18-19,24H,8-12,14H2,(H,29,30). The summed E-state index contributed by atoms with van der Waals surface area (Å²) in [5.41, 5.74) is 0.668. The fourth-order valence-electron chi connectivity index (χ4n) is 6.37. The monoisotopic (exact) mass is 429 g/mol. The SMILES string of the molecule is O=C(COc1ccc(C2C3CC4CC(C3)CC2C4)cc1)Nc1cccc(C(F)(F)F)c1. The van der Waals surface area contributed by atoms with E-state index in [2.05, 4.69) is 17.4 Å². The van der Waals surface area contributed by atoms with Crippen molar-refractivity contribution in [2.45, 2.75) is 44.2 Å². The maximum absolute atomic E-state index is 12.8. The minimum Gasteiger partial charge on any atom is -0.484 e. The number of nitrogens with one attached hydrogen (secondary N) is 1. The number of anilines is 1. The second-order valence-electron chi connectivity index (χ2n) is 9.44. The van der Waals surface area contributed by atoms with Gasteiger partial charge >= 0.3 is 6.18 Å². The van der Waals surface area contributed by atoms with Crippen molar-refractivity contribution in [2.75, 3.05) is 11.9 Å². The molecule has 0 atom stereocenters. The molecular formula is C25H26F3NO2. The second-order valence-corrected chi connectivity index (χ2v) is 9.44. The third-order valence-electron chi connectivity index (χ3n) is 7.34. The lowest BCUT2D eigenvalue weighted by atomic mass is 9.51. The van der Waals surface area contributed by atoms with Gasteiger partial charge in [0, 0.05) is 5.69 Å². The van der Waals surface area contributed by atoms with Gasteiger partial charge in [-0.2, -0.15) is 13.2 Å². The van der Waals surface area contributed by atoms with E-state index in [9.17, 15) is 18.0 Å². The Bertz CT molecular complexity index is 926. The van der Waals surface area contributed by atoms with E-state index in [-0.39, 0.29) is 12.3 Å². The van der Waals surface area contributed by atoms with Crippen molar-refractivity contribution in [3.8, 4) is 5.75 Å². The zero-order chi connectivity index (χ0) is 21.6. The second kappa shape index (κ2) is 7.88. The van der Waals surface area contributed by atoms with E-state index in [0.717, 1.165) is 35.8 Å². The van der Waals surface area contributed by atoms with Crippen LogP contribution in [0.1, 0.15) is 49.1 Å². The molecule has 164 valence electrons. The van der Waals surface area contributed by atoms with Crippen LogP contribution < -0.4 is 10.1 Å². The summed E-state index contributed by atoms with van der Waals surface area (Å²) >= 11 is 0. The van der Waals surface area contributed by atoms with E-state index in [1.54, 1.807) is 0 Å². The predicted octanol–water partition coefficient (Wildman–Crippen LogP) is 6.26. The van der Waals surface area contributed by atoms with Crippen LogP contribution in [0, 0.1) is 23.7 Å². The maximum atomic E-state index is 12.8. The fraction of sp³-hybridized carbons (Fsp3) is 0.480. The molecule has 4 aliphatic carbocycles. The largest absolute Gasteiger partial charge is 0.484 e. The summed E-state index contributed by atoms with van der Waals surface area (Å²) in [6.07, 6.45) is 2.46. The average molecular weight is 429 g/mol. The zero-order valence-corrected chi connectivity index (χ0v) is 17.2. The molecule has 2 aromatic rings. The number of benzene rings is 2. The molecule has 0 aromatic heterocycles. The fourth-order valence-corrected chi connectivity index (χ4v) is 6.37. The predicted molar refractivity (Wildman–Crippen MR) is 112 cm³/mol. The number of alkyl halides is 3. The highest BCUT2D eigenvalue weighted by Crippen LogP contribution is 2.59. The zero-order valence-electron chi connectivity index (χ0n) is 17.2. The highest BCUT2D eigenvalue weighted by atomic mass is 19.4. The highest BCUT2D eigenvalue weighted by Gasteiger charge is 2.48. The highest BCUT2D eigenvalue weighted by molar-refractivity contribution is 5.91. The lowest BCUT2D eigenvalue weighted by molar-refractivity contribution is -0.137. The summed E-state index contributed by atoms with van der Waals surface area (Å²) in [6.45, 7) is -0.256. The summed E-state index contributed by atoms with van der Waals surface area (Å²) in [5.74, 6) is 4.23. The number of amides is 1. The minimum absolute atomic E-state index is 0.0978. The van der Waals surface area contributed by atoms with E-state index >= 15 is 0 Å². The number of hydrogen-bond acceptors (Lipinski definition) is 2. The number of rotatable bonds is 5. The van der Waals surface area contributed by atoms with Gasteiger partial charge in [0.25, 0.3) is 5.91 Å². The van der Waals surface area contributed by atoms with Crippen LogP contribution in [0.25, 0.3) is 0 Å². The molecule has 4 fully saturated rings. The van der Waals surface area contributed by atoms with E-state index in [0.29, 0.717) is 11.7 Å². The Morgan fingerprint density at radius 1 is 0.935 bits per heavy atom. The van der Waals surface area contributed by atoms with Crippen molar-refractivity contribution in [2.24, 2.45) is 23.7 Å². The molecule has 0 saturated heterocycles. The van der Waals surface area contributed by atoms with Crippen molar-refractivity contribution >= 4 is 11.6 Å². The van der Waals surface area contributed by atoms with Gasteiger partial charge in [0.2, 0.25) is 0 Å². The Balaban J connectivity index is 1.17. The third kappa shape index (κ3) is 4.30. The van der Waals surface area contributed by atoms with Crippen molar-refractivity contribution in [3.63, 3.8) is 0 Å². The summed E-state index contributed by atoms with van der Waals surface area (Å²) < 4.78 is 44.0. The molecule has 4 aliphatic rings. The average Bonchev–Trinajstić information content (AvgIpc) is 2.72. The Morgan fingerprint density at radius 3 is 2.19 bits per heavy atom. The molecule has 1 N–H and O–H groups in total. The molecule has 6 heteroatoms. The third-order valence-corrected chi connectivity index (χ3v) is 7.34. The lowest BCUT2D eigenvalue weighted by Crippen LogP contribution is -2.43. The van der Waals surface area contributed by atoms with Crippen LogP contribution in [-0.4, -0.2) is 12.5 Å². The molecule has 4 saturated carbocycles. The van der Waals surface area contributed by atoms with E-state index in [1.165, 1.54) is 49.8 Å². The van der Waals surface area contributed by atoms with E-state index in [1.807, 2.05) is 12.1 Å². The van der Waals surface area contributed by atoms with Crippen LogP contribution >= 0.6 is 0 Å². The molecule has 1 amide bonds. The number of carbonyl (C=O) groups excluding carboxylic acids is 1. The van der Waals surface area contributed by atoms with E-state index < -0.39 is 17.6 Å². The number of hydrogen-bond donors (Lipinski definition) is 1. The van der Waals surface area contributed by atoms with Crippen LogP contribution in [0.4, 0.5) is 18.9 Å². The van der Waals surface area contributed by atoms with Gasteiger partial charge in [-0.1, -0.05) is 18.2 Å². The topological polar surface area (TPSA) is 38.3 Å². The van der Waals surface area contributed by atoms with Crippen molar-refractivity contribution in [1.29, 1.82) is 0 Å². The number of halogens is 3. The van der Waals surface area contributed by atoms with Gasteiger partial charge in [0.15, 0.2) is 6.61 Å². The van der Waals surface area contributed by atoms with Crippen LogP contribution in [0.3, 0.4) is 0 Å². The Labute approximate surface area is 180 Å². The summed E-state index contributed by atoms with van der Waals surface area (Å²) in [4.78, 5) is 12.1. The molecule has 0 spiro atoms. The number of carbonyl (C=O) groups is 1. The molecular weight excluding hydrogens is 403 g/mol. The first-order valence-corrected chi connectivity index (χ1v) is 11.0. The molecule has 0 radical (unpaired) electrons. The molecule has 6 rings (SSSR count). The maximum Gasteiger partial charge on any atom is 0.416 e. The Morgan fingerprint density at radius 2 is 1.58 bits per heavy atom. The molecule has 0 heterocycles. The first-order chi connectivity index (χ1) is 14.8. The lowest BCUT2D eigenvalue weighted by Gasteiger charge is -2.54. The van der Waals surface area contributed by atoms with Crippen LogP contribution in [-0.2, 0) is 11.0 Å². The molecule has 0 aliphatic heterocycles. The van der Waals surface area contributed by atoms with Gasteiger partial charge in [-0.25, -0.2) is 0 Å². The molecule has 4 bridgehead atoms. The smallest absolute Gasteiger partial charge is 0.416 e. The van der Waals surface area contributed by atoms with Gasteiger partial charge in [-0.05, 0) is 97.6 Å². The van der Waals surface area contributed by atoms with Gasteiger partial charge in [-0.15, -0.1) is 0 Å². The minimum atomic E-state index is -4.45. The first-order valence-electron chi connectivity index (χ1n) is 11.0. The number of ether oxygens (including phenoxy) is 1. The molecule has 31 heavy (non-hydrogen) atoms. The molecule has 3 nitrogen and oxygen atoms in total. The Kier molecular flexibility index (Phi) is 5.19. The normalized spacial score (nSPS) is 29.1. The van der Waals surface area contributed by atoms with Crippen LogP contribution in [0.5, 0.6) is 5.75 Å². The van der Waals surface area contributed by atoms with Crippen molar-refractivity contribution in [3.05, 3.63) is 59.7 Å². The van der Waals surface area contributed by atoms with E-state index in [4.69, 9.17) is 4.74 Å². The molecule has 2 aromatic carbocycles. The van der Waals surface area contributed by atoms with Gasteiger partial charge in [0.1, 0.15) is 5.75 Å².